The van der Waals surface area contributed by atoms with Crippen molar-refractivity contribution in [3.05, 3.63) is 54.2 Å². The second kappa shape index (κ2) is 7.31. The molecular formula is C18H20FNO3. The van der Waals surface area contributed by atoms with Gasteiger partial charge in [-0.05, 0) is 49.4 Å². The van der Waals surface area contributed by atoms with Gasteiger partial charge in [0.05, 0.1) is 12.9 Å². The van der Waals surface area contributed by atoms with Crippen LogP contribution < -0.4 is 4.74 Å². The molecule has 2 heterocycles. The van der Waals surface area contributed by atoms with Crippen LogP contribution in [0.15, 0.2) is 47.1 Å². The normalized spacial score (nSPS) is 15.6. The van der Waals surface area contributed by atoms with Gasteiger partial charge in [-0.15, -0.1) is 0 Å². The number of nitrogens with zero attached hydrogens (tertiary/aromatic N) is 1. The predicted molar refractivity (Wildman–Crippen MR) is 83.8 cm³/mol. The predicted octanol–water partition coefficient (Wildman–Crippen LogP) is 3.74. The van der Waals surface area contributed by atoms with Crippen LogP contribution >= 0.6 is 0 Å². The molecule has 3 rings (SSSR count). The number of carbonyl (C=O) groups is 1. The zero-order valence-corrected chi connectivity index (χ0v) is 12.9. The Morgan fingerprint density at radius 1 is 1.26 bits per heavy atom. The van der Waals surface area contributed by atoms with E-state index in [0.717, 1.165) is 32.4 Å². The lowest BCUT2D eigenvalue weighted by Crippen LogP contribution is -2.38. The second-order valence-electron chi connectivity index (χ2n) is 5.81. The molecule has 1 aliphatic heterocycles. The van der Waals surface area contributed by atoms with E-state index < -0.39 is 0 Å². The van der Waals surface area contributed by atoms with Gasteiger partial charge in [-0.3, -0.25) is 4.79 Å². The Morgan fingerprint density at radius 2 is 2.09 bits per heavy atom. The van der Waals surface area contributed by atoms with Crippen molar-refractivity contribution in [1.82, 2.24) is 4.90 Å². The minimum Gasteiger partial charge on any atom is -0.493 e. The summed E-state index contributed by atoms with van der Waals surface area (Å²) in [5, 5.41) is 0. The number of hydrogen-bond donors (Lipinski definition) is 0. The quantitative estimate of drug-likeness (QED) is 0.843. The number of halogens is 1. The Bertz CT molecular complexity index is 633. The highest BCUT2D eigenvalue weighted by molar-refractivity contribution is 5.91. The van der Waals surface area contributed by atoms with Crippen molar-refractivity contribution in [1.29, 1.82) is 0 Å². The molecule has 1 saturated heterocycles. The van der Waals surface area contributed by atoms with Crippen molar-refractivity contribution in [2.45, 2.75) is 19.3 Å². The maximum atomic E-state index is 13.1. The minimum absolute atomic E-state index is 0.0375. The molecule has 1 fully saturated rings. The summed E-state index contributed by atoms with van der Waals surface area (Å²) in [5.74, 6) is 1.18. The van der Waals surface area contributed by atoms with E-state index in [-0.39, 0.29) is 11.7 Å². The van der Waals surface area contributed by atoms with Crippen LogP contribution in [0.25, 0.3) is 0 Å². The first-order valence-electron chi connectivity index (χ1n) is 7.93. The number of likely N-dealkylation sites (tertiary alicyclic amines) is 1. The summed E-state index contributed by atoms with van der Waals surface area (Å²) in [6.45, 7) is 2.05. The summed E-state index contributed by atoms with van der Waals surface area (Å²) < 4.78 is 23.8. The van der Waals surface area contributed by atoms with Crippen LogP contribution in [0.4, 0.5) is 4.39 Å². The molecule has 1 aliphatic rings. The molecule has 0 spiro atoms. The van der Waals surface area contributed by atoms with Crippen molar-refractivity contribution in [2.24, 2.45) is 5.92 Å². The summed E-state index contributed by atoms with van der Waals surface area (Å²) in [7, 11) is 0. The first-order chi connectivity index (χ1) is 11.2. The van der Waals surface area contributed by atoms with E-state index in [1.807, 2.05) is 4.90 Å². The average molecular weight is 317 g/mol. The van der Waals surface area contributed by atoms with E-state index in [0.29, 0.717) is 24.0 Å². The van der Waals surface area contributed by atoms with Gasteiger partial charge in [-0.25, -0.2) is 4.39 Å². The molecule has 1 amide bonds. The lowest BCUT2D eigenvalue weighted by atomic mass is 9.94. The van der Waals surface area contributed by atoms with Gasteiger partial charge in [-0.1, -0.05) is 6.07 Å². The topological polar surface area (TPSA) is 42.7 Å². The average Bonchev–Trinajstić information content (AvgIpc) is 3.09. The summed E-state index contributed by atoms with van der Waals surface area (Å²) in [6.07, 6.45) is 4.35. The Hall–Kier alpha value is -2.30. The number of ether oxygens (including phenoxy) is 1. The van der Waals surface area contributed by atoms with Gasteiger partial charge in [0.1, 0.15) is 11.6 Å². The van der Waals surface area contributed by atoms with Crippen molar-refractivity contribution < 1.29 is 18.3 Å². The summed E-state index contributed by atoms with van der Waals surface area (Å²) in [6, 6.07) is 9.62. The Labute approximate surface area is 134 Å². The smallest absolute Gasteiger partial charge is 0.289 e. The molecule has 5 heteroatoms. The first kappa shape index (κ1) is 15.6. The Kier molecular flexibility index (Phi) is 4.95. The molecule has 0 saturated carbocycles. The van der Waals surface area contributed by atoms with E-state index in [1.54, 1.807) is 24.3 Å². The molecule has 2 aromatic rings. The van der Waals surface area contributed by atoms with Crippen LogP contribution in [0, 0.1) is 11.7 Å². The van der Waals surface area contributed by atoms with Gasteiger partial charge >= 0.3 is 0 Å². The van der Waals surface area contributed by atoms with E-state index >= 15 is 0 Å². The number of hydrogen-bond acceptors (Lipinski definition) is 3. The number of rotatable bonds is 5. The van der Waals surface area contributed by atoms with Gasteiger partial charge in [0.25, 0.3) is 5.91 Å². The molecular weight excluding hydrogens is 297 g/mol. The monoisotopic (exact) mass is 317 g/mol. The Balaban J connectivity index is 1.40. The third kappa shape index (κ3) is 4.12. The minimum atomic E-state index is -0.285. The van der Waals surface area contributed by atoms with Crippen LogP contribution in [0.2, 0.25) is 0 Å². The van der Waals surface area contributed by atoms with E-state index in [4.69, 9.17) is 9.15 Å². The number of carbonyl (C=O) groups excluding carboxylic acids is 1. The number of furan rings is 1. The van der Waals surface area contributed by atoms with Gasteiger partial charge in [0.15, 0.2) is 5.76 Å². The van der Waals surface area contributed by atoms with Crippen molar-refractivity contribution >= 4 is 5.91 Å². The summed E-state index contributed by atoms with van der Waals surface area (Å²) >= 11 is 0. The van der Waals surface area contributed by atoms with Crippen LogP contribution in [0.5, 0.6) is 5.75 Å². The Morgan fingerprint density at radius 3 is 2.78 bits per heavy atom. The maximum Gasteiger partial charge on any atom is 0.289 e. The molecule has 1 aromatic heterocycles. The molecule has 23 heavy (non-hydrogen) atoms. The maximum absolute atomic E-state index is 13.1. The highest BCUT2D eigenvalue weighted by Gasteiger charge is 2.24. The molecule has 0 bridgehead atoms. The molecule has 122 valence electrons. The van der Waals surface area contributed by atoms with Gasteiger partial charge < -0.3 is 14.1 Å². The summed E-state index contributed by atoms with van der Waals surface area (Å²) in [4.78, 5) is 14.0. The number of amides is 1. The molecule has 4 nitrogen and oxygen atoms in total. The molecule has 1 aromatic carbocycles. The second-order valence-corrected chi connectivity index (χ2v) is 5.81. The molecule has 0 atom stereocenters. The number of piperidine rings is 1. The fraction of sp³-hybridized carbons (Fsp3) is 0.389. The van der Waals surface area contributed by atoms with Crippen molar-refractivity contribution in [3.63, 3.8) is 0 Å². The van der Waals surface area contributed by atoms with Gasteiger partial charge in [0, 0.05) is 19.2 Å². The van der Waals surface area contributed by atoms with E-state index in [1.165, 1.54) is 18.4 Å². The van der Waals surface area contributed by atoms with E-state index in [2.05, 4.69) is 0 Å². The lowest BCUT2D eigenvalue weighted by Gasteiger charge is -2.31. The van der Waals surface area contributed by atoms with Crippen LogP contribution in [-0.2, 0) is 0 Å². The van der Waals surface area contributed by atoms with Crippen molar-refractivity contribution in [3.8, 4) is 5.75 Å². The van der Waals surface area contributed by atoms with Crippen LogP contribution in [0.1, 0.15) is 29.8 Å². The number of benzene rings is 1. The fourth-order valence-corrected chi connectivity index (χ4v) is 2.88. The summed E-state index contributed by atoms with van der Waals surface area (Å²) in [5.41, 5.74) is 0. The lowest BCUT2D eigenvalue weighted by molar-refractivity contribution is 0.0648. The van der Waals surface area contributed by atoms with E-state index in [9.17, 15) is 9.18 Å². The third-order valence-electron chi connectivity index (χ3n) is 4.22. The molecule has 0 radical (unpaired) electrons. The van der Waals surface area contributed by atoms with Crippen molar-refractivity contribution in [2.75, 3.05) is 19.7 Å². The zero-order valence-electron chi connectivity index (χ0n) is 12.9. The largest absolute Gasteiger partial charge is 0.493 e. The van der Waals surface area contributed by atoms with Gasteiger partial charge in [-0.2, -0.15) is 0 Å². The zero-order chi connectivity index (χ0) is 16.1. The van der Waals surface area contributed by atoms with Crippen LogP contribution in [0.3, 0.4) is 0 Å². The SMILES string of the molecule is O=C(c1ccco1)N1CCC(CCOc2cccc(F)c2)CC1. The molecule has 0 N–H and O–H groups in total. The molecule has 0 unspecified atom stereocenters. The van der Waals surface area contributed by atoms with Crippen LogP contribution in [-0.4, -0.2) is 30.5 Å². The fourth-order valence-electron chi connectivity index (χ4n) is 2.88. The third-order valence-corrected chi connectivity index (χ3v) is 4.22. The van der Waals surface area contributed by atoms with Gasteiger partial charge in [0.2, 0.25) is 0 Å². The highest BCUT2D eigenvalue weighted by atomic mass is 19.1. The highest BCUT2D eigenvalue weighted by Crippen LogP contribution is 2.22. The first-order valence-corrected chi connectivity index (χ1v) is 7.93. The standard InChI is InChI=1S/C18H20FNO3/c19-15-3-1-4-16(13-15)22-12-8-14-6-9-20(10-7-14)18(21)17-5-2-11-23-17/h1-5,11,13-14H,6-10,12H2. The molecule has 0 aliphatic carbocycles.